The van der Waals surface area contributed by atoms with E-state index in [0.717, 1.165) is 83.9 Å². The van der Waals surface area contributed by atoms with Crippen molar-refractivity contribution in [1.82, 2.24) is 14.5 Å². The second kappa shape index (κ2) is 9.34. The second-order valence-corrected chi connectivity index (χ2v) is 9.92. The summed E-state index contributed by atoms with van der Waals surface area (Å²) in [6.07, 6.45) is 3.15. The normalized spacial score (nSPS) is 17.5. The van der Waals surface area contributed by atoms with Gasteiger partial charge in [0, 0.05) is 37.2 Å². The lowest BCUT2D eigenvalue weighted by molar-refractivity contribution is -0.131. The van der Waals surface area contributed by atoms with Gasteiger partial charge in [-0.25, -0.2) is 4.98 Å². The van der Waals surface area contributed by atoms with Crippen LogP contribution in [0.25, 0.3) is 33.5 Å². The molecular formula is C30H31N3O3. The molecule has 184 valence electrons. The summed E-state index contributed by atoms with van der Waals surface area (Å²) in [5.74, 6) is 3.66. The molecule has 0 spiro atoms. The zero-order valence-corrected chi connectivity index (χ0v) is 20.8. The van der Waals surface area contributed by atoms with E-state index in [0.29, 0.717) is 11.8 Å². The molecule has 2 aliphatic rings. The molecule has 6 heteroatoms. The van der Waals surface area contributed by atoms with Gasteiger partial charge in [-0.1, -0.05) is 36.4 Å². The minimum atomic E-state index is 0.282. The van der Waals surface area contributed by atoms with Crippen molar-refractivity contribution in [3.63, 3.8) is 0 Å². The lowest BCUT2D eigenvalue weighted by atomic mass is 10.0. The number of benzene rings is 3. The van der Waals surface area contributed by atoms with Crippen LogP contribution < -0.4 is 9.47 Å². The van der Waals surface area contributed by atoms with E-state index >= 15 is 0 Å². The molecule has 0 unspecified atom stereocenters. The number of rotatable bonds is 7. The van der Waals surface area contributed by atoms with Gasteiger partial charge in [-0.15, -0.1) is 0 Å². The summed E-state index contributed by atoms with van der Waals surface area (Å²) in [7, 11) is 3.36. The van der Waals surface area contributed by atoms with E-state index < -0.39 is 0 Å². The third-order valence-corrected chi connectivity index (χ3v) is 7.49. The standard InChI is InChI=1S/C30H31N3O3/c1-35-25-11-9-22(10-12-25)21-3-5-23(6-4-21)29-31-27-17-26(36-2)13-14-28(27)33(29)19-20-15-16-32(18-20)30(34)24-7-8-24/h3-6,9-14,17,20,24H,7-8,15-16,18-19H2,1-2H3/t20-/m0/s1. The van der Waals surface area contributed by atoms with E-state index in [4.69, 9.17) is 14.5 Å². The summed E-state index contributed by atoms with van der Waals surface area (Å²) in [5.41, 5.74) is 5.39. The van der Waals surface area contributed by atoms with Crippen LogP contribution in [-0.2, 0) is 11.3 Å². The summed E-state index contributed by atoms with van der Waals surface area (Å²) in [6, 6.07) is 22.8. The Morgan fingerprint density at radius 1 is 0.861 bits per heavy atom. The third-order valence-electron chi connectivity index (χ3n) is 7.49. The van der Waals surface area contributed by atoms with Crippen LogP contribution in [0.5, 0.6) is 11.5 Å². The Hall–Kier alpha value is -3.80. The first kappa shape index (κ1) is 22.7. The maximum absolute atomic E-state index is 12.6. The van der Waals surface area contributed by atoms with Crippen molar-refractivity contribution in [2.45, 2.75) is 25.8 Å². The van der Waals surface area contributed by atoms with Gasteiger partial charge < -0.3 is 18.9 Å². The van der Waals surface area contributed by atoms with E-state index in [2.05, 4.69) is 51.9 Å². The Bertz CT molecular complexity index is 1390. The van der Waals surface area contributed by atoms with Gasteiger partial charge in [0.25, 0.3) is 0 Å². The lowest BCUT2D eigenvalue weighted by Crippen LogP contribution is -2.30. The third kappa shape index (κ3) is 4.32. The van der Waals surface area contributed by atoms with Gasteiger partial charge in [0.15, 0.2) is 0 Å². The molecule has 1 atom stereocenters. The number of amides is 1. The van der Waals surface area contributed by atoms with Crippen molar-refractivity contribution in [3.8, 4) is 34.0 Å². The summed E-state index contributed by atoms with van der Waals surface area (Å²) >= 11 is 0. The SMILES string of the molecule is COc1ccc(-c2ccc(-c3nc4cc(OC)ccc4n3C[C@H]3CCN(C(=O)C4CC4)C3)cc2)cc1. The lowest BCUT2D eigenvalue weighted by Gasteiger charge is -2.18. The quantitative estimate of drug-likeness (QED) is 0.343. The van der Waals surface area contributed by atoms with Gasteiger partial charge in [0.05, 0.1) is 25.3 Å². The van der Waals surface area contributed by atoms with Crippen molar-refractivity contribution < 1.29 is 14.3 Å². The number of methoxy groups -OCH3 is 2. The fraction of sp³-hybridized carbons (Fsp3) is 0.333. The average Bonchev–Trinajstić information content (AvgIpc) is 3.58. The number of carbonyl (C=O) groups excluding carboxylic acids is 1. The van der Waals surface area contributed by atoms with E-state index in [1.807, 2.05) is 24.3 Å². The molecule has 6 nitrogen and oxygen atoms in total. The molecule has 2 fully saturated rings. The van der Waals surface area contributed by atoms with Crippen LogP contribution in [0.1, 0.15) is 19.3 Å². The van der Waals surface area contributed by atoms with Crippen LogP contribution in [-0.4, -0.2) is 47.7 Å². The number of imidazole rings is 1. The fourth-order valence-corrected chi connectivity index (χ4v) is 5.27. The van der Waals surface area contributed by atoms with Gasteiger partial charge in [-0.2, -0.15) is 0 Å². The van der Waals surface area contributed by atoms with Crippen LogP contribution in [0.4, 0.5) is 0 Å². The highest BCUT2D eigenvalue weighted by atomic mass is 16.5. The molecule has 6 rings (SSSR count). The Kier molecular flexibility index (Phi) is 5.88. The number of hydrogen-bond donors (Lipinski definition) is 0. The molecule has 1 aliphatic carbocycles. The van der Waals surface area contributed by atoms with E-state index in [9.17, 15) is 4.79 Å². The topological polar surface area (TPSA) is 56.6 Å². The molecule has 0 radical (unpaired) electrons. The maximum atomic E-state index is 12.6. The van der Waals surface area contributed by atoms with Crippen molar-refractivity contribution in [2.24, 2.45) is 11.8 Å². The Balaban J connectivity index is 1.31. The van der Waals surface area contributed by atoms with Crippen molar-refractivity contribution in [2.75, 3.05) is 27.3 Å². The minimum Gasteiger partial charge on any atom is -0.497 e. The van der Waals surface area contributed by atoms with Gasteiger partial charge >= 0.3 is 0 Å². The smallest absolute Gasteiger partial charge is 0.225 e. The average molecular weight is 482 g/mol. The molecule has 3 aromatic carbocycles. The van der Waals surface area contributed by atoms with Gasteiger partial charge in [-0.05, 0) is 60.6 Å². The molecule has 1 aromatic heterocycles. The molecule has 1 aliphatic heterocycles. The summed E-state index contributed by atoms with van der Waals surface area (Å²) < 4.78 is 13.1. The molecule has 4 aromatic rings. The van der Waals surface area contributed by atoms with Crippen molar-refractivity contribution in [3.05, 3.63) is 66.7 Å². The van der Waals surface area contributed by atoms with Crippen LogP contribution in [0, 0.1) is 11.8 Å². The largest absolute Gasteiger partial charge is 0.497 e. The predicted octanol–water partition coefficient (Wildman–Crippen LogP) is 5.65. The number of hydrogen-bond acceptors (Lipinski definition) is 4. The first-order valence-electron chi connectivity index (χ1n) is 12.7. The van der Waals surface area contributed by atoms with E-state index in [-0.39, 0.29) is 5.92 Å². The summed E-state index contributed by atoms with van der Waals surface area (Å²) in [5, 5.41) is 0. The first-order valence-corrected chi connectivity index (χ1v) is 12.7. The molecule has 2 heterocycles. The number of carbonyl (C=O) groups is 1. The second-order valence-electron chi connectivity index (χ2n) is 9.92. The van der Waals surface area contributed by atoms with Crippen LogP contribution in [0.15, 0.2) is 66.7 Å². The van der Waals surface area contributed by atoms with Crippen molar-refractivity contribution >= 4 is 16.9 Å². The minimum absolute atomic E-state index is 0.282. The van der Waals surface area contributed by atoms with E-state index in [1.165, 1.54) is 0 Å². The molecule has 1 saturated heterocycles. The first-order chi connectivity index (χ1) is 17.6. The zero-order valence-electron chi connectivity index (χ0n) is 20.8. The van der Waals surface area contributed by atoms with Gasteiger partial charge in [0.1, 0.15) is 17.3 Å². The van der Waals surface area contributed by atoms with Gasteiger partial charge in [0.2, 0.25) is 5.91 Å². The summed E-state index contributed by atoms with van der Waals surface area (Å²) in [6.45, 7) is 2.54. The maximum Gasteiger partial charge on any atom is 0.225 e. The molecule has 1 amide bonds. The van der Waals surface area contributed by atoms with Crippen LogP contribution in [0.3, 0.4) is 0 Å². The number of nitrogens with zero attached hydrogens (tertiary/aromatic N) is 3. The van der Waals surface area contributed by atoms with Gasteiger partial charge in [-0.3, -0.25) is 4.79 Å². The number of likely N-dealkylation sites (tertiary alicyclic amines) is 1. The highest BCUT2D eigenvalue weighted by Crippen LogP contribution is 2.35. The van der Waals surface area contributed by atoms with Crippen molar-refractivity contribution in [1.29, 1.82) is 0 Å². The van der Waals surface area contributed by atoms with Crippen LogP contribution in [0.2, 0.25) is 0 Å². The number of ether oxygens (including phenoxy) is 2. The highest BCUT2D eigenvalue weighted by Gasteiger charge is 2.36. The Labute approximate surface area is 211 Å². The number of fused-ring (bicyclic) bond motifs is 1. The molecule has 36 heavy (non-hydrogen) atoms. The highest BCUT2D eigenvalue weighted by molar-refractivity contribution is 5.83. The van der Waals surface area contributed by atoms with E-state index in [1.54, 1.807) is 14.2 Å². The van der Waals surface area contributed by atoms with Crippen LogP contribution >= 0.6 is 0 Å². The zero-order chi connectivity index (χ0) is 24.6. The fourth-order valence-electron chi connectivity index (χ4n) is 5.27. The molecule has 1 saturated carbocycles. The summed E-state index contributed by atoms with van der Waals surface area (Å²) in [4.78, 5) is 19.7. The molecule has 0 N–H and O–H groups in total. The molecular weight excluding hydrogens is 450 g/mol. The predicted molar refractivity (Wildman–Crippen MR) is 141 cm³/mol. The Morgan fingerprint density at radius 3 is 2.17 bits per heavy atom. The molecule has 0 bridgehead atoms. The monoisotopic (exact) mass is 481 g/mol. The Morgan fingerprint density at radius 2 is 1.50 bits per heavy atom. The number of aromatic nitrogens is 2.